The minimum atomic E-state index is 0.00107. The summed E-state index contributed by atoms with van der Waals surface area (Å²) in [5.74, 6) is 0.913. The summed E-state index contributed by atoms with van der Waals surface area (Å²) < 4.78 is 5.38. The third kappa shape index (κ3) is 2.17. The molecular weight excluding hydrogens is 217 g/mol. The Morgan fingerprint density at radius 2 is 1.88 bits per heavy atom. The Kier molecular flexibility index (Phi) is 2.86. The molecule has 1 aromatic heterocycles. The van der Waals surface area contributed by atoms with E-state index in [1.807, 2.05) is 30.3 Å². The molecule has 0 N–H and O–H groups in total. The third-order valence-electron chi connectivity index (χ3n) is 2.49. The molecule has 1 heterocycles. The van der Waals surface area contributed by atoms with Gasteiger partial charge in [0.05, 0.1) is 0 Å². The molecule has 1 atom stereocenters. The Morgan fingerprint density at radius 3 is 2.44 bits per heavy atom. The molecule has 1 unspecified atom stereocenters. The van der Waals surface area contributed by atoms with Crippen LogP contribution in [-0.2, 0) is 5.41 Å². The SMILES string of the molecule is CC(C)(C)c1cc(-c2ccccc2P)no1. The van der Waals surface area contributed by atoms with Crippen molar-refractivity contribution in [3.8, 4) is 11.3 Å². The lowest BCUT2D eigenvalue weighted by molar-refractivity contribution is 0.330. The lowest BCUT2D eigenvalue weighted by Gasteiger charge is -2.12. The first-order valence-corrected chi connectivity index (χ1v) is 5.88. The van der Waals surface area contributed by atoms with Crippen molar-refractivity contribution >= 4 is 14.5 Å². The van der Waals surface area contributed by atoms with Crippen LogP contribution in [0.2, 0.25) is 0 Å². The summed E-state index contributed by atoms with van der Waals surface area (Å²) in [6.45, 7) is 6.34. The number of aromatic nitrogens is 1. The predicted molar refractivity (Wildman–Crippen MR) is 70.0 cm³/mol. The van der Waals surface area contributed by atoms with Crippen molar-refractivity contribution in [2.75, 3.05) is 0 Å². The highest BCUT2D eigenvalue weighted by atomic mass is 31.0. The molecule has 0 saturated carbocycles. The van der Waals surface area contributed by atoms with Gasteiger partial charge in [-0.05, 0) is 5.30 Å². The number of hydrogen-bond acceptors (Lipinski definition) is 2. The zero-order chi connectivity index (χ0) is 11.8. The zero-order valence-corrected chi connectivity index (χ0v) is 11.0. The van der Waals surface area contributed by atoms with Gasteiger partial charge in [-0.25, -0.2) is 0 Å². The fraction of sp³-hybridized carbons (Fsp3) is 0.308. The van der Waals surface area contributed by atoms with Crippen LogP contribution in [0.15, 0.2) is 34.9 Å². The fourth-order valence-corrected chi connectivity index (χ4v) is 1.84. The molecule has 0 amide bonds. The van der Waals surface area contributed by atoms with Crippen molar-refractivity contribution in [2.24, 2.45) is 0 Å². The van der Waals surface area contributed by atoms with Gasteiger partial charge in [0.25, 0.3) is 0 Å². The molecule has 2 aromatic rings. The molecule has 2 nitrogen and oxygen atoms in total. The van der Waals surface area contributed by atoms with E-state index in [9.17, 15) is 0 Å². The molecule has 0 aliphatic carbocycles. The maximum Gasteiger partial charge on any atom is 0.142 e. The average molecular weight is 233 g/mol. The first-order valence-electron chi connectivity index (χ1n) is 5.30. The van der Waals surface area contributed by atoms with Crippen LogP contribution in [0.5, 0.6) is 0 Å². The summed E-state index contributed by atoms with van der Waals surface area (Å²) in [7, 11) is 2.72. The molecule has 0 fully saturated rings. The van der Waals surface area contributed by atoms with Gasteiger partial charge in [0.2, 0.25) is 0 Å². The van der Waals surface area contributed by atoms with Gasteiger partial charge < -0.3 is 4.52 Å². The van der Waals surface area contributed by atoms with Gasteiger partial charge in [0.15, 0.2) is 0 Å². The molecule has 0 bridgehead atoms. The number of benzene rings is 1. The Bertz CT molecular complexity index is 497. The fourth-order valence-electron chi connectivity index (χ4n) is 1.49. The van der Waals surface area contributed by atoms with Crippen LogP contribution in [-0.4, -0.2) is 5.16 Å². The zero-order valence-electron chi connectivity index (χ0n) is 9.82. The van der Waals surface area contributed by atoms with Crippen molar-refractivity contribution in [2.45, 2.75) is 26.2 Å². The van der Waals surface area contributed by atoms with Crippen LogP contribution in [0.3, 0.4) is 0 Å². The molecule has 2 rings (SSSR count). The molecule has 16 heavy (non-hydrogen) atoms. The van der Waals surface area contributed by atoms with Gasteiger partial charge in [-0.3, -0.25) is 0 Å². The van der Waals surface area contributed by atoms with E-state index in [-0.39, 0.29) is 5.41 Å². The van der Waals surface area contributed by atoms with Crippen LogP contribution in [0.4, 0.5) is 0 Å². The lowest BCUT2D eigenvalue weighted by atomic mass is 9.93. The van der Waals surface area contributed by atoms with Gasteiger partial charge in [0, 0.05) is 17.0 Å². The van der Waals surface area contributed by atoms with E-state index in [0.29, 0.717) is 0 Å². The van der Waals surface area contributed by atoms with E-state index in [2.05, 4.69) is 35.2 Å². The van der Waals surface area contributed by atoms with Gasteiger partial charge in [0.1, 0.15) is 11.5 Å². The summed E-state index contributed by atoms with van der Waals surface area (Å²) >= 11 is 0. The quantitative estimate of drug-likeness (QED) is 0.707. The van der Waals surface area contributed by atoms with Gasteiger partial charge in [-0.1, -0.05) is 50.2 Å². The van der Waals surface area contributed by atoms with Crippen LogP contribution in [0.1, 0.15) is 26.5 Å². The monoisotopic (exact) mass is 233 g/mol. The van der Waals surface area contributed by atoms with Gasteiger partial charge >= 0.3 is 0 Å². The van der Waals surface area contributed by atoms with Crippen molar-refractivity contribution < 1.29 is 4.52 Å². The maximum absolute atomic E-state index is 5.38. The van der Waals surface area contributed by atoms with Crippen molar-refractivity contribution in [1.29, 1.82) is 0 Å². The second kappa shape index (κ2) is 4.03. The van der Waals surface area contributed by atoms with Crippen molar-refractivity contribution in [3.63, 3.8) is 0 Å². The largest absolute Gasteiger partial charge is 0.360 e. The summed E-state index contributed by atoms with van der Waals surface area (Å²) in [4.78, 5) is 0. The minimum Gasteiger partial charge on any atom is -0.360 e. The Balaban J connectivity index is 2.44. The Hall–Kier alpha value is -1.14. The number of nitrogens with zero attached hydrogens (tertiary/aromatic N) is 1. The summed E-state index contributed by atoms with van der Waals surface area (Å²) in [6, 6.07) is 10.1. The first-order chi connectivity index (χ1) is 7.48. The molecule has 1 aromatic carbocycles. The third-order valence-corrected chi connectivity index (χ3v) is 2.99. The molecule has 0 radical (unpaired) electrons. The molecule has 0 aliphatic rings. The second-order valence-corrected chi connectivity index (χ2v) is 5.54. The summed E-state index contributed by atoms with van der Waals surface area (Å²) in [5.41, 5.74) is 2.00. The molecule has 84 valence electrons. The first kappa shape index (κ1) is 11.3. The van der Waals surface area contributed by atoms with Gasteiger partial charge in [-0.15, -0.1) is 9.24 Å². The van der Waals surface area contributed by atoms with E-state index < -0.39 is 0 Å². The average Bonchev–Trinajstić information content (AvgIpc) is 2.66. The van der Waals surface area contributed by atoms with E-state index in [4.69, 9.17) is 4.52 Å². The van der Waals surface area contributed by atoms with Crippen LogP contribution >= 0.6 is 9.24 Å². The Labute approximate surface area is 98.2 Å². The minimum absolute atomic E-state index is 0.00107. The van der Waals surface area contributed by atoms with Gasteiger partial charge in [-0.2, -0.15) is 0 Å². The van der Waals surface area contributed by atoms with Crippen molar-refractivity contribution in [3.05, 3.63) is 36.1 Å². The van der Waals surface area contributed by atoms with E-state index in [1.165, 1.54) is 0 Å². The summed E-state index contributed by atoms with van der Waals surface area (Å²) in [5, 5.41) is 5.26. The van der Waals surface area contributed by atoms with Crippen LogP contribution in [0.25, 0.3) is 11.3 Å². The maximum atomic E-state index is 5.38. The molecule has 0 aliphatic heterocycles. The summed E-state index contributed by atoms with van der Waals surface area (Å²) in [6.07, 6.45) is 0. The highest BCUT2D eigenvalue weighted by molar-refractivity contribution is 7.27. The second-order valence-electron chi connectivity index (χ2n) is 4.91. The molecular formula is C13H16NOP. The smallest absolute Gasteiger partial charge is 0.142 e. The van der Waals surface area contributed by atoms with Crippen LogP contribution in [0, 0.1) is 0 Å². The van der Waals surface area contributed by atoms with Crippen molar-refractivity contribution in [1.82, 2.24) is 5.16 Å². The predicted octanol–water partition coefficient (Wildman–Crippen LogP) is 3.14. The number of rotatable bonds is 1. The Morgan fingerprint density at radius 1 is 1.19 bits per heavy atom. The molecule has 0 spiro atoms. The topological polar surface area (TPSA) is 26.0 Å². The lowest BCUT2D eigenvalue weighted by Crippen LogP contribution is -2.09. The molecule has 3 heteroatoms. The standard InChI is InChI=1S/C13H16NOP/c1-13(2,3)12-8-10(14-15-12)9-6-4-5-7-11(9)16/h4-8H,16H2,1-3H3. The molecule has 0 saturated heterocycles. The van der Waals surface area contributed by atoms with Crippen LogP contribution < -0.4 is 5.30 Å². The highest BCUT2D eigenvalue weighted by Gasteiger charge is 2.20. The van der Waals surface area contributed by atoms with E-state index in [1.54, 1.807) is 0 Å². The van der Waals surface area contributed by atoms with E-state index in [0.717, 1.165) is 22.3 Å². The number of hydrogen-bond donors (Lipinski definition) is 0. The normalized spacial score (nSPS) is 11.8. The highest BCUT2D eigenvalue weighted by Crippen LogP contribution is 2.26. The van der Waals surface area contributed by atoms with E-state index >= 15 is 0 Å².